The van der Waals surface area contributed by atoms with Crippen molar-refractivity contribution in [2.24, 2.45) is 0 Å². The van der Waals surface area contributed by atoms with Crippen molar-refractivity contribution < 1.29 is 0 Å². The SMILES string of the molecule is C=Cc1c(CCCCC)ccc2ccccc12. The molecule has 2 aromatic rings. The smallest absolute Gasteiger partial charge is 0.0109 e. The Morgan fingerprint density at radius 3 is 2.65 bits per heavy atom. The van der Waals surface area contributed by atoms with Crippen LogP contribution in [0.1, 0.15) is 37.3 Å². The van der Waals surface area contributed by atoms with Gasteiger partial charge in [0.2, 0.25) is 0 Å². The van der Waals surface area contributed by atoms with Gasteiger partial charge in [-0.15, -0.1) is 0 Å². The van der Waals surface area contributed by atoms with Gasteiger partial charge < -0.3 is 0 Å². The molecule has 0 spiro atoms. The minimum atomic E-state index is 1.17. The molecule has 0 aromatic heterocycles. The lowest BCUT2D eigenvalue weighted by Crippen LogP contribution is -1.91. The predicted molar refractivity (Wildman–Crippen MR) is 77.3 cm³/mol. The van der Waals surface area contributed by atoms with Crippen LogP contribution in [-0.2, 0) is 6.42 Å². The summed E-state index contributed by atoms with van der Waals surface area (Å²) < 4.78 is 0. The first-order valence-corrected chi connectivity index (χ1v) is 6.50. The summed E-state index contributed by atoms with van der Waals surface area (Å²) in [5.74, 6) is 0. The molecule has 0 radical (unpaired) electrons. The Kier molecular flexibility index (Phi) is 3.98. The molecule has 88 valence electrons. The second kappa shape index (κ2) is 5.67. The quantitative estimate of drug-likeness (QED) is 0.611. The molecule has 0 bridgehead atoms. The highest BCUT2D eigenvalue weighted by Crippen LogP contribution is 2.24. The van der Waals surface area contributed by atoms with Gasteiger partial charge in [-0.25, -0.2) is 0 Å². The van der Waals surface area contributed by atoms with Gasteiger partial charge in [0, 0.05) is 0 Å². The third kappa shape index (κ3) is 2.58. The highest BCUT2D eigenvalue weighted by atomic mass is 14.1. The lowest BCUT2D eigenvalue weighted by molar-refractivity contribution is 0.717. The average Bonchev–Trinajstić information content (AvgIpc) is 2.38. The van der Waals surface area contributed by atoms with Crippen molar-refractivity contribution in [2.45, 2.75) is 32.6 Å². The van der Waals surface area contributed by atoms with Gasteiger partial charge in [-0.3, -0.25) is 0 Å². The molecular formula is C17H20. The Morgan fingerprint density at radius 2 is 1.88 bits per heavy atom. The third-order valence-corrected chi connectivity index (χ3v) is 3.31. The van der Waals surface area contributed by atoms with Crippen molar-refractivity contribution in [3.63, 3.8) is 0 Å². The van der Waals surface area contributed by atoms with E-state index in [4.69, 9.17) is 0 Å². The van der Waals surface area contributed by atoms with Crippen molar-refractivity contribution in [1.29, 1.82) is 0 Å². The highest BCUT2D eigenvalue weighted by molar-refractivity contribution is 5.91. The van der Waals surface area contributed by atoms with Crippen LogP contribution in [0.3, 0.4) is 0 Å². The first-order chi connectivity index (χ1) is 8.36. The molecule has 2 rings (SSSR count). The topological polar surface area (TPSA) is 0 Å². The fourth-order valence-corrected chi connectivity index (χ4v) is 2.37. The summed E-state index contributed by atoms with van der Waals surface area (Å²) in [4.78, 5) is 0. The fraction of sp³-hybridized carbons (Fsp3) is 0.294. The van der Waals surface area contributed by atoms with E-state index in [2.05, 4.69) is 49.9 Å². The first kappa shape index (κ1) is 11.9. The number of unbranched alkanes of at least 4 members (excludes halogenated alkanes) is 2. The molecule has 0 aliphatic carbocycles. The van der Waals surface area contributed by atoms with Crippen molar-refractivity contribution in [3.05, 3.63) is 54.1 Å². The summed E-state index contributed by atoms with van der Waals surface area (Å²) in [7, 11) is 0. The molecule has 0 nitrogen and oxygen atoms in total. The van der Waals surface area contributed by atoms with Crippen LogP contribution in [0.4, 0.5) is 0 Å². The lowest BCUT2D eigenvalue weighted by Gasteiger charge is -2.09. The summed E-state index contributed by atoms with van der Waals surface area (Å²) in [6.07, 6.45) is 7.03. The zero-order chi connectivity index (χ0) is 12.1. The van der Waals surface area contributed by atoms with Crippen LogP contribution in [-0.4, -0.2) is 0 Å². The largest absolute Gasteiger partial charge is 0.0984 e. The van der Waals surface area contributed by atoms with Crippen LogP contribution in [0.5, 0.6) is 0 Å². The highest BCUT2D eigenvalue weighted by Gasteiger charge is 2.03. The molecule has 0 saturated carbocycles. The Balaban J connectivity index is 2.39. The van der Waals surface area contributed by atoms with E-state index < -0.39 is 0 Å². The maximum Gasteiger partial charge on any atom is -0.0109 e. The van der Waals surface area contributed by atoms with Gasteiger partial charge in [-0.2, -0.15) is 0 Å². The van der Waals surface area contributed by atoms with Crippen LogP contribution in [0, 0.1) is 0 Å². The molecule has 0 aliphatic rings. The number of aryl methyl sites for hydroxylation is 1. The van der Waals surface area contributed by atoms with E-state index in [1.807, 2.05) is 6.08 Å². The minimum Gasteiger partial charge on any atom is -0.0984 e. The average molecular weight is 224 g/mol. The Morgan fingerprint density at radius 1 is 1.06 bits per heavy atom. The van der Waals surface area contributed by atoms with E-state index in [0.717, 1.165) is 0 Å². The molecule has 0 aliphatic heterocycles. The maximum atomic E-state index is 3.97. The minimum absolute atomic E-state index is 1.17. The Bertz CT molecular complexity index is 508. The summed E-state index contributed by atoms with van der Waals surface area (Å²) in [5.41, 5.74) is 2.76. The van der Waals surface area contributed by atoms with E-state index in [1.54, 1.807) is 0 Å². The normalized spacial score (nSPS) is 10.6. The molecular weight excluding hydrogens is 204 g/mol. The van der Waals surface area contributed by atoms with Gasteiger partial charge in [0.25, 0.3) is 0 Å². The number of rotatable bonds is 5. The van der Waals surface area contributed by atoms with Gasteiger partial charge in [0.05, 0.1) is 0 Å². The molecule has 0 saturated heterocycles. The number of hydrogen-bond donors (Lipinski definition) is 0. The van der Waals surface area contributed by atoms with Crippen molar-refractivity contribution in [2.75, 3.05) is 0 Å². The van der Waals surface area contributed by atoms with Crippen LogP contribution in [0.25, 0.3) is 16.8 Å². The summed E-state index contributed by atoms with van der Waals surface area (Å²) >= 11 is 0. The van der Waals surface area contributed by atoms with E-state index in [-0.39, 0.29) is 0 Å². The number of benzene rings is 2. The Labute approximate surface area is 104 Å². The zero-order valence-corrected chi connectivity index (χ0v) is 10.6. The number of hydrogen-bond acceptors (Lipinski definition) is 0. The molecule has 17 heavy (non-hydrogen) atoms. The predicted octanol–water partition coefficient (Wildman–Crippen LogP) is 5.22. The van der Waals surface area contributed by atoms with Crippen LogP contribution in [0.15, 0.2) is 43.0 Å². The molecule has 0 amide bonds. The molecule has 0 unspecified atom stereocenters. The van der Waals surface area contributed by atoms with E-state index in [9.17, 15) is 0 Å². The first-order valence-electron chi connectivity index (χ1n) is 6.50. The van der Waals surface area contributed by atoms with Crippen molar-refractivity contribution in [3.8, 4) is 0 Å². The summed E-state index contributed by atoms with van der Waals surface area (Å²) in [6, 6.07) is 13.0. The molecule has 0 N–H and O–H groups in total. The molecule has 0 heteroatoms. The van der Waals surface area contributed by atoms with Crippen molar-refractivity contribution >= 4 is 16.8 Å². The van der Waals surface area contributed by atoms with Crippen LogP contribution < -0.4 is 0 Å². The van der Waals surface area contributed by atoms with E-state index in [1.165, 1.54) is 47.6 Å². The lowest BCUT2D eigenvalue weighted by atomic mass is 9.95. The van der Waals surface area contributed by atoms with E-state index >= 15 is 0 Å². The van der Waals surface area contributed by atoms with E-state index in [0.29, 0.717) is 0 Å². The number of fused-ring (bicyclic) bond motifs is 1. The third-order valence-electron chi connectivity index (χ3n) is 3.31. The molecule has 0 atom stereocenters. The fourth-order valence-electron chi connectivity index (χ4n) is 2.37. The molecule has 2 aromatic carbocycles. The summed E-state index contributed by atoms with van der Waals surface area (Å²) in [5, 5.41) is 2.64. The van der Waals surface area contributed by atoms with Crippen LogP contribution in [0.2, 0.25) is 0 Å². The van der Waals surface area contributed by atoms with Gasteiger partial charge in [-0.05, 0) is 34.7 Å². The van der Waals surface area contributed by atoms with Crippen LogP contribution >= 0.6 is 0 Å². The summed E-state index contributed by atoms with van der Waals surface area (Å²) in [6.45, 7) is 6.21. The molecule has 0 heterocycles. The van der Waals surface area contributed by atoms with Gasteiger partial charge >= 0.3 is 0 Å². The monoisotopic (exact) mass is 224 g/mol. The Hall–Kier alpha value is -1.56. The van der Waals surface area contributed by atoms with Crippen molar-refractivity contribution in [1.82, 2.24) is 0 Å². The molecule has 0 fully saturated rings. The van der Waals surface area contributed by atoms with Gasteiger partial charge in [-0.1, -0.05) is 68.8 Å². The van der Waals surface area contributed by atoms with Gasteiger partial charge in [0.15, 0.2) is 0 Å². The van der Waals surface area contributed by atoms with Gasteiger partial charge in [0.1, 0.15) is 0 Å². The zero-order valence-electron chi connectivity index (χ0n) is 10.6. The standard InChI is InChI=1S/C17H20/c1-3-5-6-9-14-12-13-15-10-7-8-11-17(15)16(14)4-2/h4,7-8,10-13H,2-3,5-6,9H2,1H3. The second-order valence-electron chi connectivity index (χ2n) is 4.52. The second-order valence-corrected chi connectivity index (χ2v) is 4.52. The maximum absolute atomic E-state index is 3.97.